The number of benzene rings is 2. The third-order valence-electron chi connectivity index (χ3n) is 3.66. The van der Waals surface area contributed by atoms with E-state index in [-0.39, 0.29) is 5.76 Å². The quantitative estimate of drug-likeness (QED) is 0.480. The van der Waals surface area contributed by atoms with Crippen molar-refractivity contribution < 1.29 is 17.6 Å². The molecule has 0 spiro atoms. The first-order valence-corrected chi connectivity index (χ1v) is 7.90. The Morgan fingerprint density at radius 3 is 2.42 bits per heavy atom. The number of rotatable bonds is 3. The van der Waals surface area contributed by atoms with Crippen molar-refractivity contribution in [2.75, 3.05) is 0 Å². The Hall–Kier alpha value is -2.97. The molecule has 3 aromatic rings. The lowest BCUT2D eigenvalue weighted by Crippen LogP contribution is -2.04. The van der Waals surface area contributed by atoms with Crippen molar-refractivity contribution in [3.05, 3.63) is 82.6 Å². The topological polar surface area (TPSA) is 36.9 Å². The van der Waals surface area contributed by atoms with Crippen LogP contribution >= 0.6 is 11.6 Å². The molecular weight excluding hydrogens is 363 g/mol. The molecule has 0 bridgehead atoms. The first-order chi connectivity index (χ1) is 12.4. The summed E-state index contributed by atoms with van der Waals surface area (Å²) in [7, 11) is 0. The number of halogens is 4. The van der Waals surface area contributed by atoms with Crippen LogP contribution < -0.4 is 0 Å². The van der Waals surface area contributed by atoms with Gasteiger partial charge in [0.25, 0.3) is 0 Å². The highest BCUT2D eigenvalue weighted by molar-refractivity contribution is 6.30. The first-order valence-electron chi connectivity index (χ1n) is 7.52. The molecule has 0 unspecified atom stereocenters. The van der Waals surface area contributed by atoms with E-state index in [1.54, 1.807) is 36.4 Å². The van der Waals surface area contributed by atoms with Gasteiger partial charge < -0.3 is 4.42 Å². The van der Waals surface area contributed by atoms with E-state index in [9.17, 15) is 18.4 Å². The molecule has 0 fully saturated rings. The number of allylic oxidation sites excluding steroid dienone is 1. The fourth-order valence-electron chi connectivity index (χ4n) is 2.39. The summed E-state index contributed by atoms with van der Waals surface area (Å²) in [6, 6.07) is 16.9. The molecule has 3 rings (SSSR count). The summed E-state index contributed by atoms with van der Waals surface area (Å²) >= 11 is 5.83. The predicted molar refractivity (Wildman–Crippen MR) is 94.1 cm³/mol. The standard InChI is InChI=1S/C20H11ClF3NO/c21-17-6-4-13(5-7-17)15(12-25)11-18-8-9-19(26-18)14-2-1-3-16(10-14)20(22,23)24/h1-11H/b15-11-. The van der Waals surface area contributed by atoms with E-state index in [2.05, 4.69) is 6.07 Å². The molecule has 0 aliphatic carbocycles. The predicted octanol–water partition coefficient (Wildman–Crippen LogP) is 6.68. The maximum Gasteiger partial charge on any atom is 0.416 e. The second kappa shape index (κ2) is 7.11. The molecule has 0 saturated heterocycles. The Morgan fingerprint density at radius 2 is 1.77 bits per heavy atom. The number of nitrogens with zero attached hydrogens (tertiary/aromatic N) is 1. The molecule has 0 N–H and O–H groups in total. The summed E-state index contributed by atoms with van der Waals surface area (Å²) in [6.45, 7) is 0. The maximum atomic E-state index is 12.8. The van der Waals surface area contributed by atoms with Gasteiger partial charge >= 0.3 is 6.18 Å². The van der Waals surface area contributed by atoms with E-state index in [1.165, 1.54) is 18.2 Å². The highest BCUT2D eigenvalue weighted by Crippen LogP contribution is 2.33. The van der Waals surface area contributed by atoms with Crippen LogP contribution in [0.1, 0.15) is 16.9 Å². The summed E-state index contributed by atoms with van der Waals surface area (Å²) in [5.41, 5.74) is 0.576. The van der Waals surface area contributed by atoms with E-state index in [0.717, 1.165) is 12.1 Å². The molecule has 0 aliphatic heterocycles. The molecule has 2 nitrogen and oxygen atoms in total. The number of furan rings is 1. The molecule has 0 atom stereocenters. The lowest BCUT2D eigenvalue weighted by molar-refractivity contribution is -0.137. The molecule has 130 valence electrons. The van der Waals surface area contributed by atoms with Gasteiger partial charge in [0, 0.05) is 10.6 Å². The molecule has 6 heteroatoms. The highest BCUT2D eigenvalue weighted by atomic mass is 35.5. The second-order valence-corrected chi connectivity index (χ2v) is 5.89. The zero-order chi connectivity index (χ0) is 18.7. The Kier molecular flexibility index (Phi) is 4.88. The van der Waals surface area contributed by atoms with E-state index in [4.69, 9.17) is 16.0 Å². The van der Waals surface area contributed by atoms with Crippen LogP contribution in [-0.2, 0) is 6.18 Å². The van der Waals surface area contributed by atoms with Gasteiger partial charge in [0.2, 0.25) is 0 Å². The molecule has 26 heavy (non-hydrogen) atoms. The van der Waals surface area contributed by atoms with E-state index < -0.39 is 11.7 Å². The minimum absolute atomic E-state index is 0.288. The number of hydrogen-bond acceptors (Lipinski definition) is 2. The molecule has 0 amide bonds. The molecule has 1 heterocycles. The number of hydrogen-bond donors (Lipinski definition) is 0. The monoisotopic (exact) mass is 373 g/mol. The third kappa shape index (κ3) is 3.98. The fraction of sp³-hybridized carbons (Fsp3) is 0.0500. The lowest BCUT2D eigenvalue weighted by Gasteiger charge is -2.07. The van der Waals surface area contributed by atoms with Crippen LogP contribution in [0.25, 0.3) is 23.0 Å². The van der Waals surface area contributed by atoms with Crippen molar-refractivity contribution in [1.29, 1.82) is 5.26 Å². The zero-order valence-electron chi connectivity index (χ0n) is 13.2. The zero-order valence-corrected chi connectivity index (χ0v) is 14.0. The van der Waals surface area contributed by atoms with Crippen LogP contribution in [0.2, 0.25) is 5.02 Å². The van der Waals surface area contributed by atoms with Crippen molar-refractivity contribution in [3.63, 3.8) is 0 Å². The number of nitriles is 1. The average Bonchev–Trinajstić information content (AvgIpc) is 3.09. The van der Waals surface area contributed by atoms with Crippen molar-refractivity contribution in [2.45, 2.75) is 6.18 Å². The Bertz CT molecular complexity index is 995. The molecular formula is C20H11ClF3NO. The SMILES string of the molecule is N#C/C(=C/c1ccc(-c2cccc(C(F)(F)F)c2)o1)c1ccc(Cl)cc1. The van der Waals surface area contributed by atoms with Gasteiger partial charge in [-0.05, 0) is 48.0 Å². The summed E-state index contributed by atoms with van der Waals surface area (Å²) < 4.78 is 44.1. The normalized spacial score (nSPS) is 12.0. The maximum absolute atomic E-state index is 12.8. The minimum atomic E-state index is -4.42. The van der Waals surface area contributed by atoms with E-state index in [1.807, 2.05) is 0 Å². The summed E-state index contributed by atoms with van der Waals surface area (Å²) in [4.78, 5) is 0. The smallest absolute Gasteiger partial charge is 0.416 e. The van der Waals surface area contributed by atoms with Gasteiger partial charge in [-0.3, -0.25) is 0 Å². The molecule has 1 aromatic heterocycles. The minimum Gasteiger partial charge on any atom is -0.457 e. The number of alkyl halides is 3. The summed E-state index contributed by atoms with van der Waals surface area (Å²) in [5.74, 6) is 0.652. The summed E-state index contributed by atoms with van der Waals surface area (Å²) in [6.07, 6.45) is -2.89. The van der Waals surface area contributed by atoms with Crippen molar-refractivity contribution in [3.8, 4) is 17.4 Å². The van der Waals surface area contributed by atoms with Gasteiger partial charge in [0.05, 0.1) is 17.2 Å². The van der Waals surface area contributed by atoms with Crippen LogP contribution in [0.5, 0.6) is 0 Å². The van der Waals surface area contributed by atoms with Gasteiger partial charge in [-0.15, -0.1) is 0 Å². The Balaban J connectivity index is 1.92. The van der Waals surface area contributed by atoms with Crippen LogP contribution in [0, 0.1) is 11.3 Å². The van der Waals surface area contributed by atoms with E-state index in [0.29, 0.717) is 27.5 Å². The largest absolute Gasteiger partial charge is 0.457 e. The van der Waals surface area contributed by atoms with E-state index >= 15 is 0 Å². The van der Waals surface area contributed by atoms with Gasteiger partial charge in [0.15, 0.2) is 0 Å². The average molecular weight is 374 g/mol. The Morgan fingerprint density at radius 1 is 1.04 bits per heavy atom. The highest BCUT2D eigenvalue weighted by Gasteiger charge is 2.30. The molecule has 0 aliphatic rings. The van der Waals surface area contributed by atoms with Crippen LogP contribution in [-0.4, -0.2) is 0 Å². The van der Waals surface area contributed by atoms with Crippen LogP contribution in [0.3, 0.4) is 0 Å². The van der Waals surface area contributed by atoms with Gasteiger partial charge in [0.1, 0.15) is 11.5 Å². The molecule has 0 saturated carbocycles. The second-order valence-electron chi connectivity index (χ2n) is 5.46. The van der Waals surface area contributed by atoms with Crippen molar-refractivity contribution in [2.24, 2.45) is 0 Å². The van der Waals surface area contributed by atoms with Gasteiger partial charge in [-0.2, -0.15) is 18.4 Å². The fourth-order valence-corrected chi connectivity index (χ4v) is 2.51. The first kappa shape index (κ1) is 17.8. The summed E-state index contributed by atoms with van der Waals surface area (Å²) in [5, 5.41) is 9.89. The lowest BCUT2D eigenvalue weighted by atomic mass is 10.1. The van der Waals surface area contributed by atoms with Gasteiger partial charge in [-0.1, -0.05) is 35.9 Å². The van der Waals surface area contributed by atoms with Crippen LogP contribution in [0.15, 0.2) is 65.1 Å². The molecule has 0 radical (unpaired) electrons. The molecule has 2 aromatic carbocycles. The Labute approximate surface area is 152 Å². The third-order valence-corrected chi connectivity index (χ3v) is 3.92. The van der Waals surface area contributed by atoms with Gasteiger partial charge in [-0.25, -0.2) is 0 Å². The van der Waals surface area contributed by atoms with Crippen molar-refractivity contribution in [1.82, 2.24) is 0 Å². The van der Waals surface area contributed by atoms with Crippen molar-refractivity contribution >= 4 is 23.3 Å². The van der Waals surface area contributed by atoms with Crippen LogP contribution in [0.4, 0.5) is 13.2 Å².